The number of benzene rings is 3. The highest BCUT2D eigenvalue weighted by Gasteiger charge is 2.28. The summed E-state index contributed by atoms with van der Waals surface area (Å²) in [6.07, 6.45) is 1.36. The molecule has 1 heterocycles. The Morgan fingerprint density at radius 1 is 1.00 bits per heavy atom. The number of halogens is 1. The smallest absolute Gasteiger partial charge is 0.264 e. The molecule has 0 radical (unpaired) electrons. The van der Waals surface area contributed by atoms with Gasteiger partial charge in [-0.25, -0.2) is 12.8 Å². The van der Waals surface area contributed by atoms with Crippen molar-refractivity contribution in [1.29, 1.82) is 0 Å². The van der Waals surface area contributed by atoms with Crippen LogP contribution in [0.4, 0.5) is 10.1 Å². The second kappa shape index (κ2) is 12.2. The molecule has 206 valence electrons. The molecular weight excluding hydrogens is 525 g/mol. The van der Waals surface area contributed by atoms with E-state index in [1.165, 1.54) is 44.6 Å². The van der Waals surface area contributed by atoms with E-state index in [1.807, 2.05) is 24.3 Å². The monoisotopic (exact) mass is 555 g/mol. The number of sulfonamides is 1. The van der Waals surface area contributed by atoms with Crippen LogP contribution >= 0.6 is 0 Å². The molecule has 1 N–H and O–H groups in total. The minimum atomic E-state index is -4.26. The van der Waals surface area contributed by atoms with Gasteiger partial charge in [0.05, 0.1) is 24.8 Å². The number of hydrogen-bond acceptors (Lipinski definition) is 6. The minimum absolute atomic E-state index is 0.101. The van der Waals surface area contributed by atoms with Crippen molar-refractivity contribution in [2.45, 2.75) is 30.8 Å². The number of hydrogen-bond donors (Lipinski definition) is 1. The maximum Gasteiger partial charge on any atom is 0.264 e. The molecule has 39 heavy (non-hydrogen) atoms. The first-order chi connectivity index (χ1) is 18.7. The first-order valence-corrected chi connectivity index (χ1v) is 13.8. The summed E-state index contributed by atoms with van der Waals surface area (Å²) in [5, 5.41) is 2.78. The van der Waals surface area contributed by atoms with E-state index in [4.69, 9.17) is 9.47 Å². The molecular formula is C28H30FN3O6S. The largest absolute Gasteiger partial charge is 0.493 e. The van der Waals surface area contributed by atoms with Crippen molar-refractivity contribution in [2.75, 3.05) is 31.6 Å². The van der Waals surface area contributed by atoms with E-state index >= 15 is 0 Å². The van der Waals surface area contributed by atoms with Crippen LogP contribution in [0, 0.1) is 5.82 Å². The lowest BCUT2D eigenvalue weighted by Gasteiger charge is -2.25. The number of carbonyl (C=O) groups excluding carboxylic acids is 2. The molecule has 0 aliphatic carbocycles. The van der Waals surface area contributed by atoms with Crippen LogP contribution in [0.1, 0.15) is 24.0 Å². The molecule has 1 aliphatic rings. The van der Waals surface area contributed by atoms with Gasteiger partial charge in [0.2, 0.25) is 11.8 Å². The van der Waals surface area contributed by atoms with Gasteiger partial charge in [0.1, 0.15) is 12.4 Å². The number of methoxy groups -OCH3 is 2. The average molecular weight is 556 g/mol. The predicted octanol–water partition coefficient (Wildman–Crippen LogP) is 3.48. The molecule has 0 bridgehead atoms. The molecule has 3 aromatic carbocycles. The number of carbonyl (C=O) groups is 2. The highest BCUT2D eigenvalue weighted by molar-refractivity contribution is 7.92. The van der Waals surface area contributed by atoms with Crippen molar-refractivity contribution in [3.8, 4) is 11.5 Å². The fourth-order valence-corrected chi connectivity index (χ4v) is 5.80. The summed E-state index contributed by atoms with van der Waals surface area (Å²) in [5.74, 6) is -0.452. The highest BCUT2D eigenvalue weighted by atomic mass is 32.2. The fraction of sp³-hybridized carbons (Fsp3) is 0.286. The molecule has 4 rings (SSSR count). The van der Waals surface area contributed by atoms with Crippen LogP contribution in [-0.2, 0) is 32.7 Å². The van der Waals surface area contributed by atoms with Crippen LogP contribution in [0.5, 0.6) is 11.5 Å². The van der Waals surface area contributed by atoms with E-state index in [0.29, 0.717) is 25.3 Å². The minimum Gasteiger partial charge on any atom is -0.493 e. The number of anilines is 1. The lowest BCUT2D eigenvalue weighted by Crippen LogP contribution is -2.40. The Morgan fingerprint density at radius 3 is 2.33 bits per heavy atom. The first-order valence-electron chi connectivity index (χ1n) is 12.3. The molecule has 11 heteroatoms. The lowest BCUT2D eigenvalue weighted by molar-refractivity contribution is -0.128. The van der Waals surface area contributed by atoms with Crippen molar-refractivity contribution < 1.29 is 31.9 Å². The standard InChI is InChI=1S/C28H30FN3O6S/c1-37-25-14-13-24(16-26(25)38-2)39(35,36)32(23-11-9-22(29)10-12-23)19-27(33)30-17-20-6-3-4-7-21(20)18-31-15-5-8-28(31)34/h3-4,6-7,9-14,16H,5,8,15,17-19H2,1-2H3,(H,30,33). The second-order valence-corrected chi connectivity index (χ2v) is 10.8. The van der Waals surface area contributed by atoms with Crippen molar-refractivity contribution in [3.63, 3.8) is 0 Å². The maximum absolute atomic E-state index is 13.7. The molecule has 0 spiro atoms. The van der Waals surface area contributed by atoms with Crippen LogP contribution in [-0.4, -0.2) is 52.4 Å². The second-order valence-electron chi connectivity index (χ2n) is 8.97. The molecule has 9 nitrogen and oxygen atoms in total. The molecule has 1 fully saturated rings. The summed E-state index contributed by atoms with van der Waals surface area (Å²) in [4.78, 5) is 26.8. The Bertz CT molecular complexity index is 1450. The molecule has 0 atom stereocenters. The summed E-state index contributed by atoms with van der Waals surface area (Å²) in [5.41, 5.74) is 1.84. The topological polar surface area (TPSA) is 105 Å². The van der Waals surface area contributed by atoms with E-state index in [0.717, 1.165) is 34.0 Å². The lowest BCUT2D eigenvalue weighted by atomic mass is 10.1. The summed E-state index contributed by atoms with van der Waals surface area (Å²) < 4.78 is 52.4. The van der Waals surface area contributed by atoms with Gasteiger partial charge >= 0.3 is 0 Å². The molecule has 1 saturated heterocycles. The third-order valence-corrected chi connectivity index (χ3v) is 8.24. The van der Waals surface area contributed by atoms with Gasteiger partial charge in [-0.15, -0.1) is 0 Å². The number of nitrogens with zero attached hydrogens (tertiary/aromatic N) is 2. The Balaban J connectivity index is 1.55. The maximum atomic E-state index is 13.7. The van der Waals surface area contributed by atoms with Crippen molar-refractivity contribution >= 4 is 27.5 Å². The van der Waals surface area contributed by atoms with Gasteiger partial charge in [-0.2, -0.15) is 0 Å². The van der Waals surface area contributed by atoms with Crippen LogP contribution in [0.15, 0.2) is 71.6 Å². The summed E-state index contributed by atoms with van der Waals surface area (Å²) >= 11 is 0. The van der Waals surface area contributed by atoms with E-state index in [2.05, 4.69) is 5.32 Å². The molecule has 1 aliphatic heterocycles. The zero-order chi connectivity index (χ0) is 28.0. The Morgan fingerprint density at radius 2 is 1.69 bits per heavy atom. The first kappa shape index (κ1) is 27.9. The number of rotatable bonds is 11. The number of nitrogens with one attached hydrogen (secondary N) is 1. The number of ether oxygens (including phenoxy) is 2. The van der Waals surface area contributed by atoms with Gasteiger partial charge in [-0.1, -0.05) is 24.3 Å². The molecule has 3 aromatic rings. The van der Waals surface area contributed by atoms with E-state index < -0.39 is 28.3 Å². The molecule has 0 aromatic heterocycles. The Labute approximate surface area is 227 Å². The third-order valence-electron chi connectivity index (χ3n) is 6.47. The molecule has 0 unspecified atom stereocenters. The van der Waals surface area contributed by atoms with Crippen LogP contribution in [0.2, 0.25) is 0 Å². The Kier molecular flexibility index (Phi) is 8.70. The van der Waals surface area contributed by atoms with E-state index in [-0.39, 0.29) is 28.8 Å². The molecule has 0 saturated carbocycles. The zero-order valence-corrected chi connectivity index (χ0v) is 22.5. The van der Waals surface area contributed by atoms with Gasteiger partial charge in [-0.05, 0) is 53.9 Å². The molecule has 2 amide bonds. The van der Waals surface area contributed by atoms with Crippen molar-refractivity contribution in [3.05, 3.63) is 83.7 Å². The van der Waals surface area contributed by atoms with Crippen LogP contribution in [0.25, 0.3) is 0 Å². The van der Waals surface area contributed by atoms with Gasteiger partial charge in [-0.3, -0.25) is 13.9 Å². The van der Waals surface area contributed by atoms with Crippen LogP contribution < -0.4 is 19.1 Å². The highest BCUT2D eigenvalue weighted by Crippen LogP contribution is 2.32. The summed E-state index contributed by atoms with van der Waals surface area (Å²) in [7, 11) is -1.44. The van der Waals surface area contributed by atoms with E-state index in [9.17, 15) is 22.4 Å². The van der Waals surface area contributed by atoms with Crippen molar-refractivity contribution in [1.82, 2.24) is 10.2 Å². The summed E-state index contributed by atoms with van der Waals surface area (Å²) in [6, 6.07) is 16.4. The van der Waals surface area contributed by atoms with E-state index in [1.54, 1.807) is 4.90 Å². The SMILES string of the molecule is COc1ccc(S(=O)(=O)N(CC(=O)NCc2ccccc2CN2CCCC2=O)c2ccc(F)cc2)cc1OC. The zero-order valence-electron chi connectivity index (χ0n) is 21.7. The van der Waals surface area contributed by atoms with Gasteiger partial charge in [0.25, 0.3) is 10.0 Å². The number of likely N-dealkylation sites (tertiary alicyclic amines) is 1. The number of amides is 2. The van der Waals surface area contributed by atoms with Gasteiger partial charge in [0.15, 0.2) is 11.5 Å². The normalized spacial score (nSPS) is 13.3. The van der Waals surface area contributed by atoms with Gasteiger partial charge in [0, 0.05) is 32.1 Å². The fourth-order valence-electron chi connectivity index (χ4n) is 4.37. The average Bonchev–Trinajstić information content (AvgIpc) is 3.35. The third kappa shape index (κ3) is 6.48. The van der Waals surface area contributed by atoms with Crippen molar-refractivity contribution in [2.24, 2.45) is 0 Å². The van der Waals surface area contributed by atoms with Crippen LogP contribution in [0.3, 0.4) is 0 Å². The Hall–Kier alpha value is -4.12. The summed E-state index contributed by atoms with van der Waals surface area (Å²) in [6.45, 7) is 0.736. The van der Waals surface area contributed by atoms with Gasteiger partial charge < -0.3 is 19.7 Å². The predicted molar refractivity (Wildman–Crippen MR) is 143 cm³/mol. The quantitative estimate of drug-likeness (QED) is 0.389.